The molecule has 0 bridgehead atoms. The minimum absolute atomic E-state index is 0.341. The molecule has 0 saturated heterocycles. The summed E-state index contributed by atoms with van der Waals surface area (Å²) in [6.45, 7) is 7.44. The van der Waals surface area contributed by atoms with Crippen molar-refractivity contribution in [3.63, 3.8) is 0 Å². The molecule has 2 atom stereocenters. The van der Waals surface area contributed by atoms with Gasteiger partial charge in [-0.3, -0.25) is 5.43 Å². The number of nitrogens with zero attached hydrogens (tertiary/aromatic N) is 1. The monoisotopic (exact) mass is 439 g/mol. The SMILES string of the molecule is COc1ccc(/C=N\NC(=S)N[C@@H]2C[C@@H](C)CC(C)(C)C2)cc1OCc1ccccc1. The third kappa shape index (κ3) is 7.24. The van der Waals surface area contributed by atoms with Crippen LogP contribution in [0.15, 0.2) is 53.6 Å². The van der Waals surface area contributed by atoms with Crippen molar-refractivity contribution < 1.29 is 9.47 Å². The van der Waals surface area contributed by atoms with Gasteiger partial charge in [0.05, 0.1) is 13.3 Å². The van der Waals surface area contributed by atoms with Gasteiger partial charge in [0.25, 0.3) is 0 Å². The highest BCUT2D eigenvalue weighted by molar-refractivity contribution is 7.80. The Morgan fingerprint density at radius 1 is 1.16 bits per heavy atom. The van der Waals surface area contributed by atoms with E-state index in [1.54, 1.807) is 13.3 Å². The van der Waals surface area contributed by atoms with Crippen LogP contribution >= 0.6 is 12.2 Å². The topological polar surface area (TPSA) is 54.9 Å². The number of benzene rings is 2. The van der Waals surface area contributed by atoms with Crippen LogP contribution in [0.2, 0.25) is 0 Å². The van der Waals surface area contributed by atoms with Crippen molar-refractivity contribution in [2.24, 2.45) is 16.4 Å². The lowest BCUT2D eigenvalue weighted by atomic mass is 9.71. The highest BCUT2D eigenvalue weighted by atomic mass is 32.1. The maximum absolute atomic E-state index is 5.97. The summed E-state index contributed by atoms with van der Waals surface area (Å²) >= 11 is 5.44. The van der Waals surface area contributed by atoms with Crippen LogP contribution in [0.5, 0.6) is 11.5 Å². The molecular formula is C25H33N3O2S. The molecule has 0 radical (unpaired) electrons. The van der Waals surface area contributed by atoms with Crippen LogP contribution in [0.1, 0.15) is 51.2 Å². The number of thiocarbonyl (C=S) groups is 1. The maximum atomic E-state index is 5.97. The molecule has 6 heteroatoms. The van der Waals surface area contributed by atoms with Crippen LogP contribution in [0.3, 0.4) is 0 Å². The van der Waals surface area contributed by atoms with E-state index in [2.05, 4.69) is 36.6 Å². The first-order chi connectivity index (χ1) is 14.8. The third-order valence-electron chi connectivity index (χ3n) is 5.53. The molecule has 0 unspecified atom stereocenters. The molecule has 0 amide bonds. The van der Waals surface area contributed by atoms with Crippen molar-refractivity contribution in [3.8, 4) is 11.5 Å². The Morgan fingerprint density at radius 3 is 2.65 bits per heavy atom. The molecule has 1 aliphatic carbocycles. The maximum Gasteiger partial charge on any atom is 0.187 e. The van der Waals surface area contributed by atoms with Crippen LogP contribution in [-0.2, 0) is 6.61 Å². The van der Waals surface area contributed by atoms with E-state index in [4.69, 9.17) is 21.7 Å². The third-order valence-corrected chi connectivity index (χ3v) is 5.74. The van der Waals surface area contributed by atoms with Gasteiger partial charge in [0.2, 0.25) is 0 Å². The minimum Gasteiger partial charge on any atom is -0.493 e. The van der Waals surface area contributed by atoms with Gasteiger partial charge < -0.3 is 14.8 Å². The van der Waals surface area contributed by atoms with E-state index >= 15 is 0 Å². The Labute approximate surface area is 191 Å². The minimum atomic E-state index is 0.341. The summed E-state index contributed by atoms with van der Waals surface area (Å²) in [6, 6.07) is 16.1. The van der Waals surface area contributed by atoms with Crippen molar-refractivity contribution in [1.82, 2.24) is 10.7 Å². The van der Waals surface area contributed by atoms with E-state index in [1.165, 1.54) is 6.42 Å². The molecule has 2 aromatic carbocycles. The van der Waals surface area contributed by atoms with Crippen LogP contribution < -0.4 is 20.2 Å². The van der Waals surface area contributed by atoms with E-state index in [-0.39, 0.29) is 0 Å². The van der Waals surface area contributed by atoms with Gasteiger partial charge in [0, 0.05) is 6.04 Å². The molecule has 0 heterocycles. The Bertz CT molecular complexity index is 899. The van der Waals surface area contributed by atoms with Crippen molar-refractivity contribution >= 4 is 23.5 Å². The fourth-order valence-corrected chi connectivity index (χ4v) is 4.68. The first-order valence-corrected chi connectivity index (χ1v) is 11.2. The quantitative estimate of drug-likeness (QED) is 0.349. The largest absolute Gasteiger partial charge is 0.493 e. The Morgan fingerprint density at radius 2 is 1.94 bits per heavy atom. The van der Waals surface area contributed by atoms with Crippen LogP contribution in [0, 0.1) is 11.3 Å². The van der Waals surface area contributed by atoms with Crippen molar-refractivity contribution in [2.75, 3.05) is 7.11 Å². The second kappa shape index (κ2) is 10.6. The number of methoxy groups -OCH3 is 1. The van der Waals surface area contributed by atoms with Crippen LogP contribution in [-0.4, -0.2) is 24.5 Å². The van der Waals surface area contributed by atoms with Gasteiger partial charge in [0.1, 0.15) is 6.61 Å². The summed E-state index contributed by atoms with van der Waals surface area (Å²) in [5.74, 6) is 2.06. The summed E-state index contributed by atoms with van der Waals surface area (Å²) in [5.41, 5.74) is 5.28. The second-order valence-electron chi connectivity index (χ2n) is 9.14. The summed E-state index contributed by atoms with van der Waals surface area (Å²) < 4.78 is 11.4. The predicted octanol–water partition coefficient (Wildman–Crippen LogP) is 5.29. The molecule has 1 saturated carbocycles. The summed E-state index contributed by atoms with van der Waals surface area (Å²) in [6.07, 6.45) is 5.24. The van der Waals surface area contributed by atoms with Crippen molar-refractivity contribution in [2.45, 2.75) is 52.7 Å². The predicted molar refractivity (Wildman–Crippen MR) is 131 cm³/mol. The van der Waals surface area contributed by atoms with Gasteiger partial charge in [-0.05, 0) is 72.1 Å². The number of hydrogen-bond acceptors (Lipinski definition) is 4. The van der Waals surface area contributed by atoms with Gasteiger partial charge in [-0.25, -0.2) is 0 Å². The number of ether oxygens (including phenoxy) is 2. The molecular weight excluding hydrogens is 406 g/mol. The smallest absolute Gasteiger partial charge is 0.187 e. The lowest BCUT2D eigenvalue weighted by Gasteiger charge is -2.39. The van der Waals surface area contributed by atoms with E-state index < -0.39 is 0 Å². The zero-order chi connectivity index (χ0) is 22.3. The molecule has 0 aliphatic heterocycles. The standard InChI is InChI=1S/C25H33N3O2S/c1-18-12-21(15-25(2,3)14-18)27-24(31)28-26-16-20-10-11-22(29-4)23(13-20)30-17-19-8-6-5-7-9-19/h5-11,13,16,18,21H,12,14-15,17H2,1-4H3,(H2,27,28,31)/b26-16-/t18-,21-/m1/s1. The first-order valence-electron chi connectivity index (χ1n) is 10.8. The van der Waals surface area contributed by atoms with Crippen LogP contribution in [0.25, 0.3) is 0 Å². The van der Waals surface area contributed by atoms with Crippen molar-refractivity contribution in [1.29, 1.82) is 0 Å². The molecule has 3 rings (SSSR count). The van der Waals surface area contributed by atoms with E-state index in [0.717, 1.165) is 24.0 Å². The summed E-state index contributed by atoms with van der Waals surface area (Å²) in [5, 5.41) is 8.28. The van der Waals surface area contributed by atoms with Gasteiger partial charge in [0.15, 0.2) is 16.6 Å². The highest BCUT2D eigenvalue weighted by Gasteiger charge is 2.32. The van der Waals surface area contributed by atoms with Crippen LogP contribution in [0.4, 0.5) is 0 Å². The van der Waals surface area contributed by atoms with E-state index in [9.17, 15) is 0 Å². The molecule has 0 spiro atoms. The molecule has 1 aliphatic rings. The molecule has 1 fully saturated rings. The first kappa shape index (κ1) is 23.1. The molecule has 5 nitrogen and oxygen atoms in total. The second-order valence-corrected chi connectivity index (χ2v) is 9.55. The summed E-state index contributed by atoms with van der Waals surface area (Å²) in [7, 11) is 1.64. The van der Waals surface area contributed by atoms with Gasteiger partial charge in [-0.15, -0.1) is 0 Å². The molecule has 2 N–H and O–H groups in total. The summed E-state index contributed by atoms with van der Waals surface area (Å²) in [4.78, 5) is 0. The van der Waals surface area contributed by atoms with Crippen molar-refractivity contribution in [3.05, 3.63) is 59.7 Å². The Hall–Kier alpha value is -2.60. The fraction of sp³-hybridized carbons (Fsp3) is 0.440. The molecule has 0 aromatic heterocycles. The number of hydrazone groups is 1. The number of hydrogen-bond donors (Lipinski definition) is 2. The number of rotatable bonds is 7. The lowest BCUT2D eigenvalue weighted by Crippen LogP contribution is -2.45. The molecule has 2 aromatic rings. The average Bonchev–Trinajstić information content (AvgIpc) is 2.71. The Kier molecular flexibility index (Phi) is 7.91. The van der Waals surface area contributed by atoms with E-state index in [1.807, 2.05) is 48.5 Å². The molecule has 31 heavy (non-hydrogen) atoms. The highest BCUT2D eigenvalue weighted by Crippen LogP contribution is 2.38. The Balaban J connectivity index is 1.55. The molecule has 166 valence electrons. The van der Waals surface area contributed by atoms with Gasteiger partial charge in [-0.1, -0.05) is 51.1 Å². The van der Waals surface area contributed by atoms with E-state index in [0.29, 0.717) is 40.6 Å². The number of nitrogens with one attached hydrogen (secondary N) is 2. The average molecular weight is 440 g/mol. The van der Waals surface area contributed by atoms with Gasteiger partial charge >= 0.3 is 0 Å². The lowest BCUT2D eigenvalue weighted by molar-refractivity contribution is 0.161. The fourth-order valence-electron chi connectivity index (χ4n) is 4.46. The zero-order valence-corrected chi connectivity index (χ0v) is 19.7. The zero-order valence-electron chi connectivity index (χ0n) is 18.9. The van der Waals surface area contributed by atoms with Gasteiger partial charge in [-0.2, -0.15) is 5.10 Å². The normalized spacial score (nSPS) is 20.3.